The Labute approximate surface area is 154 Å². The Morgan fingerprint density at radius 2 is 2.04 bits per heavy atom. The van der Waals surface area contributed by atoms with Crippen molar-refractivity contribution in [1.82, 2.24) is 9.38 Å². The number of pyridine rings is 1. The number of nitrogens with one attached hydrogen (secondary N) is 1. The number of hydrogen-bond acceptors (Lipinski definition) is 2. The lowest BCUT2D eigenvalue weighted by Crippen LogP contribution is -2.37. The molecule has 1 aromatic carbocycles. The van der Waals surface area contributed by atoms with Crippen LogP contribution < -0.4 is 5.32 Å². The van der Waals surface area contributed by atoms with Gasteiger partial charge in [-0.1, -0.05) is 18.2 Å². The summed E-state index contributed by atoms with van der Waals surface area (Å²) in [6.07, 6.45) is 6.53. The Kier molecular flexibility index (Phi) is 4.11. The molecule has 0 spiro atoms. The third-order valence-corrected chi connectivity index (χ3v) is 4.59. The summed E-state index contributed by atoms with van der Waals surface area (Å²) in [6, 6.07) is 11.0. The maximum absolute atomic E-state index is 14.6. The number of fused-ring (bicyclic) bond motifs is 1. The summed E-state index contributed by atoms with van der Waals surface area (Å²) in [5.74, 6) is -1.36. The molecule has 0 saturated heterocycles. The van der Waals surface area contributed by atoms with Gasteiger partial charge in [-0.05, 0) is 48.9 Å². The van der Waals surface area contributed by atoms with Crippen molar-refractivity contribution in [3.8, 4) is 11.3 Å². The Morgan fingerprint density at radius 1 is 1.26 bits per heavy atom. The minimum Gasteiger partial charge on any atom is -0.323 e. The lowest BCUT2D eigenvalue weighted by atomic mass is 9.96. The summed E-state index contributed by atoms with van der Waals surface area (Å²) >= 11 is 0. The van der Waals surface area contributed by atoms with E-state index in [1.807, 2.05) is 48.0 Å². The monoisotopic (exact) mass is 365 g/mol. The molecule has 1 amide bonds. The third kappa shape index (κ3) is 3.26. The second-order valence-corrected chi connectivity index (χ2v) is 6.57. The van der Waals surface area contributed by atoms with Crippen LogP contribution in [-0.4, -0.2) is 21.0 Å². The molecule has 4 rings (SSSR count). The van der Waals surface area contributed by atoms with Crippen molar-refractivity contribution in [2.45, 2.75) is 19.0 Å². The van der Waals surface area contributed by atoms with E-state index in [0.717, 1.165) is 40.7 Å². The summed E-state index contributed by atoms with van der Waals surface area (Å²) in [7, 11) is 0. The van der Waals surface area contributed by atoms with Gasteiger partial charge in [0, 0.05) is 30.1 Å². The molecule has 1 unspecified atom stereocenters. The van der Waals surface area contributed by atoms with Crippen LogP contribution >= 0.6 is 0 Å². The number of anilines is 1. The van der Waals surface area contributed by atoms with E-state index in [-0.39, 0.29) is 6.42 Å². The molecule has 27 heavy (non-hydrogen) atoms. The Morgan fingerprint density at radius 3 is 2.70 bits per heavy atom. The average molecular weight is 365 g/mol. The number of aryl methyl sites for hydroxylation is 1. The van der Waals surface area contributed by atoms with Gasteiger partial charge in [0.05, 0.1) is 5.69 Å². The second kappa shape index (κ2) is 6.46. The molecule has 3 aromatic rings. The molecule has 1 aliphatic rings. The van der Waals surface area contributed by atoms with Crippen LogP contribution in [0.3, 0.4) is 0 Å². The van der Waals surface area contributed by atoms with E-state index in [9.17, 15) is 13.6 Å². The van der Waals surface area contributed by atoms with Gasteiger partial charge in [-0.25, -0.2) is 13.8 Å². The summed E-state index contributed by atoms with van der Waals surface area (Å²) in [5, 5.41) is 2.54. The van der Waals surface area contributed by atoms with E-state index < -0.39 is 17.4 Å². The standard InChI is InChI=1S/C21H17F2N3O/c1-14-3-2-12-26-13-18(25-19(14)26)15-4-6-17(7-5-15)24-20(27)21(23)10-8-16(22)9-11-21/h2-10,12-13H,11H2,1H3,(H,24,27). The SMILES string of the molecule is Cc1cccn2cc(-c3ccc(NC(=O)C4(F)C=CC(F)=CC4)cc3)nc12. The van der Waals surface area contributed by atoms with Gasteiger partial charge in [0.2, 0.25) is 5.67 Å². The van der Waals surface area contributed by atoms with E-state index >= 15 is 0 Å². The first-order chi connectivity index (χ1) is 12.9. The van der Waals surface area contributed by atoms with Crippen LogP contribution in [0.4, 0.5) is 14.5 Å². The highest BCUT2D eigenvalue weighted by atomic mass is 19.1. The largest absolute Gasteiger partial charge is 0.323 e. The Hall–Kier alpha value is -3.28. The van der Waals surface area contributed by atoms with Crippen LogP contribution in [0.5, 0.6) is 0 Å². The Bertz CT molecular complexity index is 1080. The van der Waals surface area contributed by atoms with Crippen LogP contribution in [0.1, 0.15) is 12.0 Å². The lowest BCUT2D eigenvalue weighted by molar-refractivity contribution is -0.124. The van der Waals surface area contributed by atoms with Crippen LogP contribution in [0, 0.1) is 6.92 Å². The number of nitrogens with zero attached hydrogens (tertiary/aromatic N) is 2. The molecule has 0 bridgehead atoms. The summed E-state index contributed by atoms with van der Waals surface area (Å²) in [4.78, 5) is 16.8. The molecule has 2 aromatic heterocycles. The minimum absolute atomic E-state index is 0.320. The van der Waals surface area contributed by atoms with Crippen molar-refractivity contribution in [2.24, 2.45) is 0 Å². The van der Waals surface area contributed by atoms with Crippen molar-refractivity contribution >= 4 is 17.2 Å². The first-order valence-electron chi connectivity index (χ1n) is 8.55. The molecule has 0 radical (unpaired) electrons. The summed E-state index contributed by atoms with van der Waals surface area (Å²) < 4.78 is 29.5. The summed E-state index contributed by atoms with van der Waals surface area (Å²) in [6.45, 7) is 2.00. The first kappa shape index (κ1) is 17.1. The average Bonchev–Trinajstić information content (AvgIpc) is 3.10. The van der Waals surface area contributed by atoms with Gasteiger partial charge in [-0.3, -0.25) is 4.79 Å². The quantitative estimate of drug-likeness (QED) is 0.727. The zero-order chi connectivity index (χ0) is 19.0. The molecule has 1 aliphatic carbocycles. The molecule has 4 nitrogen and oxygen atoms in total. The fraction of sp³-hybridized carbons (Fsp3) is 0.143. The van der Waals surface area contributed by atoms with E-state index in [2.05, 4.69) is 10.3 Å². The highest BCUT2D eigenvalue weighted by molar-refractivity contribution is 5.99. The predicted octanol–water partition coefficient (Wildman–Crippen LogP) is 4.77. The van der Waals surface area contributed by atoms with Gasteiger partial charge < -0.3 is 9.72 Å². The number of imidazole rings is 1. The van der Waals surface area contributed by atoms with Crippen molar-refractivity contribution < 1.29 is 13.6 Å². The van der Waals surface area contributed by atoms with E-state index in [1.54, 1.807) is 12.1 Å². The number of carbonyl (C=O) groups is 1. The number of benzene rings is 1. The number of alkyl halides is 1. The van der Waals surface area contributed by atoms with Crippen molar-refractivity contribution in [1.29, 1.82) is 0 Å². The predicted molar refractivity (Wildman–Crippen MR) is 101 cm³/mol. The maximum Gasteiger partial charge on any atom is 0.266 e. The number of aromatic nitrogens is 2. The highest BCUT2D eigenvalue weighted by Gasteiger charge is 2.36. The number of hydrogen-bond donors (Lipinski definition) is 1. The number of rotatable bonds is 3. The number of halogens is 2. The molecular formula is C21H17F2N3O. The number of amides is 1. The topological polar surface area (TPSA) is 46.4 Å². The molecule has 136 valence electrons. The molecular weight excluding hydrogens is 348 g/mol. The van der Waals surface area contributed by atoms with Gasteiger partial charge in [0.15, 0.2) is 0 Å². The second-order valence-electron chi connectivity index (χ2n) is 6.57. The van der Waals surface area contributed by atoms with Crippen LogP contribution in [0.15, 0.2) is 72.8 Å². The molecule has 1 atom stereocenters. The molecule has 1 N–H and O–H groups in total. The maximum atomic E-state index is 14.6. The van der Waals surface area contributed by atoms with Crippen LogP contribution in [-0.2, 0) is 4.79 Å². The molecule has 0 fully saturated rings. The lowest BCUT2D eigenvalue weighted by Gasteiger charge is -2.21. The van der Waals surface area contributed by atoms with Crippen molar-refractivity contribution in [3.63, 3.8) is 0 Å². The molecule has 6 heteroatoms. The first-order valence-corrected chi connectivity index (χ1v) is 8.55. The smallest absolute Gasteiger partial charge is 0.266 e. The molecule has 0 aliphatic heterocycles. The van der Waals surface area contributed by atoms with E-state index in [0.29, 0.717) is 5.69 Å². The van der Waals surface area contributed by atoms with Gasteiger partial charge in [0.1, 0.15) is 11.5 Å². The molecule has 0 saturated carbocycles. The van der Waals surface area contributed by atoms with Crippen LogP contribution in [0.2, 0.25) is 0 Å². The fourth-order valence-electron chi connectivity index (χ4n) is 3.01. The van der Waals surface area contributed by atoms with Gasteiger partial charge in [-0.15, -0.1) is 0 Å². The highest BCUT2D eigenvalue weighted by Crippen LogP contribution is 2.28. The van der Waals surface area contributed by atoms with Crippen LogP contribution in [0.25, 0.3) is 16.9 Å². The molecule has 2 heterocycles. The zero-order valence-electron chi connectivity index (χ0n) is 14.6. The van der Waals surface area contributed by atoms with Crippen molar-refractivity contribution in [2.75, 3.05) is 5.32 Å². The van der Waals surface area contributed by atoms with E-state index in [1.165, 1.54) is 0 Å². The Balaban J connectivity index is 1.53. The third-order valence-electron chi connectivity index (χ3n) is 4.59. The fourth-order valence-corrected chi connectivity index (χ4v) is 3.01. The summed E-state index contributed by atoms with van der Waals surface area (Å²) in [5.41, 5.74) is 1.87. The van der Waals surface area contributed by atoms with E-state index in [4.69, 9.17) is 0 Å². The van der Waals surface area contributed by atoms with Gasteiger partial charge >= 0.3 is 0 Å². The number of carbonyl (C=O) groups excluding carboxylic acids is 1. The van der Waals surface area contributed by atoms with Gasteiger partial charge in [-0.2, -0.15) is 0 Å². The number of allylic oxidation sites excluding steroid dienone is 3. The normalized spacial score (nSPS) is 19.1. The minimum atomic E-state index is -2.24. The zero-order valence-corrected chi connectivity index (χ0v) is 14.6. The van der Waals surface area contributed by atoms with Crippen molar-refractivity contribution in [3.05, 3.63) is 78.4 Å². The van der Waals surface area contributed by atoms with Gasteiger partial charge in [0.25, 0.3) is 5.91 Å².